The first-order chi connectivity index (χ1) is 12.2. The van der Waals surface area contributed by atoms with E-state index in [1.165, 1.54) is 6.07 Å². The number of rotatable bonds is 4. The maximum Gasteiger partial charge on any atom is 0.573 e. The number of hydrogen-bond acceptors (Lipinski definition) is 7. The number of nitrogen functional groups attached to an aromatic ring is 1. The van der Waals surface area contributed by atoms with Crippen LogP contribution in [0.1, 0.15) is 27.2 Å². The van der Waals surface area contributed by atoms with Crippen LogP contribution in [0.3, 0.4) is 0 Å². The van der Waals surface area contributed by atoms with Gasteiger partial charge in [0.05, 0.1) is 5.69 Å². The molecule has 26 heavy (non-hydrogen) atoms. The predicted octanol–water partition coefficient (Wildman–Crippen LogP) is 2.70. The number of aromatic nitrogens is 3. The summed E-state index contributed by atoms with van der Waals surface area (Å²) in [7, 11) is 0. The van der Waals surface area contributed by atoms with Crippen molar-refractivity contribution in [3.8, 4) is 5.75 Å². The molecular weight excluding hydrogens is 357 g/mol. The predicted molar refractivity (Wildman–Crippen MR) is 81.6 cm³/mol. The van der Waals surface area contributed by atoms with Crippen LogP contribution in [0.4, 0.5) is 18.9 Å². The molecule has 0 bridgehead atoms. The number of anilines is 1. The van der Waals surface area contributed by atoms with Gasteiger partial charge in [0.25, 0.3) is 0 Å². The number of fused-ring (bicyclic) bond motifs is 1. The summed E-state index contributed by atoms with van der Waals surface area (Å²) in [6.45, 7) is 1.67. The Labute approximate surface area is 143 Å². The second kappa shape index (κ2) is 6.17. The number of carboxylic acids is 1. The zero-order valence-electron chi connectivity index (χ0n) is 13.2. The van der Waals surface area contributed by atoms with Gasteiger partial charge in [-0.2, -0.15) is 0 Å². The second-order valence-electron chi connectivity index (χ2n) is 5.39. The van der Waals surface area contributed by atoms with E-state index >= 15 is 0 Å². The minimum atomic E-state index is -5.00. The monoisotopic (exact) mass is 368 g/mol. The first kappa shape index (κ1) is 17.5. The van der Waals surface area contributed by atoms with Crippen LogP contribution in [0.25, 0.3) is 11.2 Å². The smallest absolute Gasteiger partial charge is 0.478 e. The molecule has 1 aromatic carbocycles. The van der Waals surface area contributed by atoms with Crippen molar-refractivity contribution in [1.29, 1.82) is 0 Å². The highest BCUT2D eigenvalue weighted by molar-refractivity contribution is 5.91. The normalized spacial score (nSPS) is 11.7. The number of pyridine rings is 1. The number of halogens is 3. The molecule has 8 nitrogen and oxygen atoms in total. The Hall–Kier alpha value is -3.37. The topological polar surface area (TPSA) is 124 Å². The van der Waals surface area contributed by atoms with Gasteiger partial charge < -0.3 is 15.6 Å². The van der Waals surface area contributed by atoms with E-state index in [9.17, 15) is 18.0 Å². The summed E-state index contributed by atoms with van der Waals surface area (Å²) in [5, 5.41) is 16.4. The fraction of sp³-hybridized carbons (Fsp3) is 0.200. The first-order valence-electron chi connectivity index (χ1n) is 7.15. The van der Waals surface area contributed by atoms with Gasteiger partial charge in [-0.1, -0.05) is 6.07 Å². The standard InChI is InChI=1S/C15H11F3N4O4/c1-6-8(11(19)12-13(20-6)22-26-21-12)4-7-2-3-10(25-15(16,17)18)9(5-7)14(23)24/h2-3,5H,4,19H2,1H3,(H,23,24). The van der Waals surface area contributed by atoms with Gasteiger partial charge >= 0.3 is 12.3 Å². The van der Waals surface area contributed by atoms with Gasteiger partial charge in [-0.25, -0.2) is 14.4 Å². The molecule has 3 N–H and O–H groups in total. The number of alkyl halides is 3. The molecule has 2 heterocycles. The number of ether oxygens (including phenoxy) is 1. The molecule has 0 saturated heterocycles. The molecule has 0 spiro atoms. The van der Waals surface area contributed by atoms with Crippen molar-refractivity contribution >= 4 is 22.8 Å². The fourth-order valence-corrected chi connectivity index (χ4v) is 2.49. The molecule has 11 heteroatoms. The second-order valence-corrected chi connectivity index (χ2v) is 5.39. The molecule has 136 valence electrons. The van der Waals surface area contributed by atoms with Gasteiger partial charge in [0.15, 0.2) is 5.52 Å². The Bertz CT molecular complexity index is 1000. The lowest BCUT2D eigenvalue weighted by atomic mass is 9.99. The third kappa shape index (κ3) is 3.36. The zero-order valence-corrected chi connectivity index (χ0v) is 13.2. The number of nitrogens with two attached hydrogens (primary N) is 1. The molecular formula is C15H11F3N4O4. The molecule has 3 rings (SSSR count). The summed E-state index contributed by atoms with van der Waals surface area (Å²) in [5.41, 5.74) is 7.60. The average molecular weight is 368 g/mol. The minimum Gasteiger partial charge on any atom is -0.478 e. The van der Waals surface area contributed by atoms with E-state index in [4.69, 9.17) is 10.8 Å². The van der Waals surface area contributed by atoms with Crippen molar-refractivity contribution in [2.24, 2.45) is 0 Å². The van der Waals surface area contributed by atoms with Crippen molar-refractivity contribution in [3.63, 3.8) is 0 Å². The van der Waals surface area contributed by atoms with E-state index in [2.05, 4.69) is 24.7 Å². The molecule has 2 aromatic heterocycles. The molecule has 0 aliphatic rings. The lowest BCUT2D eigenvalue weighted by Gasteiger charge is -2.13. The van der Waals surface area contributed by atoms with Crippen LogP contribution in [0.5, 0.6) is 5.75 Å². The number of carbonyl (C=O) groups is 1. The molecule has 0 amide bonds. The Morgan fingerprint density at radius 3 is 2.73 bits per heavy atom. The molecule has 0 fully saturated rings. The van der Waals surface area contributed by atoms with E-state index in [1.807, 2.05) is 0 Å². The van der Waals surface area contributed by atoms with E-state index in [0.29, 0.717) is 16.8 Å². The van der Waals surface area contributed by atoms with E-state index < -0.39 is 23.6 Å². The van der Waals surface area contributed by atoms with Crippen LogP contribution in [0, 0.1) is 6.92 Å². The highest BCUT2D eigenvalue weighted by Gasteiger charge is 2.33. The number of hydrogen-bond donors (Lipinski definition) is 2. The van der Waals surface area contributed by atoms with Crippen LogP contribution in [0.2, 0.25) is 0 Å². The van der Waals surface area contributed by atoms with Crippen LogP contribution in [0.15, 0.2) is 22.8 Å². The molecule has 0 aliphatic heterocycles. The number of nitrogens with zero attached hydrogens (tertiary/aromatic N) is 3. The fourth-order valence-electron chi connectivity index (χ4n) is 2.49. The largest absolute Gasteiger partial charge is 0.573 e. The van der Waals surface area contributed by atoms with Crippen LogP contribution < -0.4 is 10.5 Å². The third-order valence-corrected chi connectivity index (χ3v) is 3.64. The maximum absolute atomic E-state index is 12.4. The molecule has 3 aromatic rings. The molecule has 0 saturated carbocycles. The zero-order chi connectivity index (χ0) is 19.1. The van der Waals surface area contributed by atoms with Gasteiger partial charge in [0.1, 0.15) is 11.3 Å². The minimum absolute atomic E-state index is 0.125. The van der Waals surface area contributed by atoms with E-state index in [-0.39, 0.29) is 23.3 Å². The van der Waals surface area contributed by atoms with Gasteiger partial charge in [-0.3, -0.25) is 0 Å². The number of benzene rings is 1. The van der Waals surface area contributed by atoms with E-state index in [1.54, 1.807) is 6.92 Å². The summed E-state index contributed by atoms with van der Waals surface area (Å²) in [6, 6.07) is 3.35. The summed E-state index contributed by atoms with van der Waals surface area (Å²) >= 11 is 0. The quantitative estimate of drug-likeness (QED) is 0.720. The number of aryl methyl sites for hydroxylation is 1. The van der Waals surface area contributed by atoms with Crippen LogP contribution >= 0.6 is 0 Å². The molecule has 0 unspecified atom stereocenters. The van der Waals surface area contributed by atoms with Gasteiger partial charge in [-0.15, -0.1) is 13.2 Å². The SMILES string of the molecule is Cc1nc2nonc2c(N)c1Cc1ccc(OC(F)(F)F)c(C(=O)O)c1. The number of carboxylic acid groups (broad SMARTS) is 1. The number of aromatic carboxylic acids is 1. The van der Waals surface area contributed by atoms with Crippen molar-refractivity contribution in [2.75, 3.05) is 5.73 Å². The summed E-state index contributed by atoms with van der Waals surface area (Å²) in [4.78, 5) is 15.5. The van der Waals surface area contributed by atoms with E-state index in [0.717, 1.165) is 12.1 Å². The first-order valence-corrected chi connectivity index (χ1v) is 7.15. The van der Waals surface area contributed by atoms with Gasteiger partial charge in [0, 0.05) is 17.7 Å². The van der Waals surface area contributed by atoms with Crippen molar-refractivity contribution < 1.29 is 32.4 Å². The molecule has 0 radical (unpaired) electrons. The summed E-state index contributed by atoms with van der Waals surface area (Å²) < 4.78 is 45.5. The summed E-state index contributed by atoms with van der Waals surface area (Å²) in [6.07, 6.45) is -4.87. The highest BCUT2D eigenvalue weighted by Crippen LogP contribution is 2.30. The van der Waals surface area contributed by atoms with Crippen molar-refractivity contribution in [3.05, 3.63) is 40.6 Å². The lowest BCUT2D eigenvalue weighted by Crippen LogP contribution is -2.19. The van der Waals surface area contributed by atoms with Gasteiger partial charge in [-0.05, 0) is 34.9 Å². The van der Waals surface area contributed by atoms with Crippen LogP contribution in [-0.2, 0) is 6.42 Å². The average Bonchev–Trinajstić information content (AvgIpc) is 2.99. The molecule has 0 atom stereocenters. The molecule has 0 aliphatic carbocycles. The Morgan fingerprint density at radius 2 is 2.08 bits per heavy atom. The maximum atomic E-state index is 12.4. The van der Waals surface area contributed by atoms with Crippen molar-refractivity contribution in [1.82, 2.24) is 15.3 Å². The van der Waals surface area contributed by atoms with Crippen molar-refractivity contribution in [2.45, 2.75) is 19.7 Å². The highest BCUT2D eigenvalue weighted by atomic mass is 19.4. The third-order valence-electron chi connectivity index (χ3n) is 3.64. The lowest BCUT2D eigenvalue weighted by molar-refractivity contribution is -0.274. The summed E-state index contributed by atoms with van der Waals surface area (Å²) in [5.74, 6) is -2.35. The van der Waals surface area contributed by atoms with Gasteiger partial charge in [0.2, 0.25) is 5.65 Å². The Balaban J connectivity index is 2.01. The Kier molecular flexibility index (Phi) is 4.14. The van der Waals surface area contributed by atoms with Crippen LogP contribution in [-0.4, -0.2) is 32.7 Å². The Morgan fingerprint density at radius 1 is 1.35 bits per heavy atom.